The first-order valence-electron chi connectivity index (χ1n) is 9.10. The summed E-state index contributed by atoms with van der Waals surface area (Å²) in [5, 5.41) is 3.80. The zero-order chi connectivity index (χ0) is 18.8. The number of nitrogens with zero attached hydrogens (tertiary/aromatic N) is 1. The zero-order valence-corrected chi connectivity index (χ0v) is 15.9. The van der Waals surface area contributed by atoms with Crippen molar-refractivity contribution in [3.05, 3.63) is 29.5 Å². The van der Waals surface area contributed by atoms with E-state index in [0.717, 1.165) is 29.6 Å². The first-order chi connectivity index (χ1) is 12.4. The van der Waals surface area contributed by atoms with Crippen LogP contribution in [0.15, 0.2) is 18.2 Å². The Balaban J connectivity index is 1.85. The summed E-state index contributed by atoms with van der Waals surface area (Å²) in [6, 6.07) is 5.76. The molecule has 0 spiro atoms. The summed E-state index contributed by atoms with van der Waals surface area (Å²) in [7, 11) is 1.34. The maximum absolute atomic E-state index is 12.7. The molecule has 1 aliphatic rings. The highest BCUT2D eigenvalue weighted by atomic mass is 16.5. The van der Waals surface area contributed by atoms with Gasteiger partial charge in [-0.15, -0.1) is 0 Å². The Kier molecular flexibility index (Phi) is 5.32. The molecule has 3 rings (SSSR count). The van der Waals surface area contributed by atoms with Crippen molar-refractivity contribution in [3.8, 4) is 0 Å². The third-order valence-electron chi connectivity index (χ3n) is 5.00. The molecule has 2 aromatic rings. The fraction of sp³-hybridized carbons (Fsp3) is 0.500. The number of piperidine rings is 1. The lowest BCUT2D eigenvalue weighted by Crippen LogP contribution is -2.42. The first kappa shape index (κ1) is 18.5. The Labute approximate surface area is 153 Å². The van der Waals surface area contributed by atoms with Crippen LogP contribution in [0.5, 0.6) is 0 Å². The summed E-state index contributed by atoms with van der Waals surface area (Å²) >= 11 is 0. The number of hydrogen-bond acceptors (Lipinski definition) is 4. The Morgan fingerprint density at radius 2 is 1.96 bits per heavy atom. The Bertz CT molecular complexity index is 817. The molecule has 1 fully saturated rings. The van der Waals surface area contributed by atoms with Gasteiger partial charge in [-0.25, -0.2) is 4.79 Å². The maximum atomic E-state index is 12.7. The van der Waals surface area contributed by atoms with Crippen LogP contribution in [-0.2, 0) is 9.53 Å². The number of nitrogens with one attached hydrogen (secondary N) is 2. The maximum Gasteiger partial charge on any atom is 0.356 e. The van der Waals surface area contributed by atoms with Crippen molar-refractivity contribution in [1.29, 1.82) is 0 Å². The molecule has 26 heavy (non-hydrogen) atoms. The summed E-state index contributed by atoms with van der Waals surface area (Å²) in [4.78, 5) is 30.1. The number of carbonyl (C=O) groups is 2. The number of benzene rings is 1. The largest absolute Gasteiger partial charge is 0.464 e. The summed E-state index contributed by atoms with van der Waals surface area (Å²) in [5.74, 6) is 0.580. The first-order valence-corrected chi connectivity index (χ1v) is 9.10. The van der Waals surface area contributed by atoms with Gasteiger partial charge in [0.25, 0.3) is 0 Å². The summed E-state index contributed by atoms with van der Waals surface area (Å²) in [5.41, 5.74) is 2.59. The fourth-order valence-corrected chi connectivity index (χ4v) is 4.11. The average Bonchev–Trinajstić information content (AvgIpc) is 2.92. The van der Waals surface area contributed by atoms with Gasteiger partial charge < -0.3 is 15.0 Å². The van der Waals surface area contributed by atoms with Crippen LogP contribution in [0.1, 0.15) is 36.3 Å². The topological polar surface area (TPSA) is 74.4 Å². The number of amides is 1. The standard InChI is InChI=1S/C20H27N3O3/c1-12-8-13(2)10-23(9-12)11-16(24)22-18-17-14(3)6-5-7-15(17)21-19(18)20(25)26-4/h5-7,12-13,21H,8-11H2,1-4H3,(H,22,24)/t12-,13+. The van der Waals surface area contributed by atoms with E-state index in [4.69, 9.17) is 4.74 Å². The minimum atomic E-state index is -0.490. The van der Waals surface area contributed by atoms with Crippen LogP contribution >= 0.6 is 0 Å². The van der Waals surface area contributed by atoms with Gasteiger partial charge in [0.15, 0.2) is 0 Å². The van der Waals surface area contributed by atoms with Gasteiger partial charge in [-0.2, -0.15) is 0 Å². The number of H-pyrrole nitrogens is 1. The predicted molar refractivity (Wildman–Crippen MR) is 102 cm³/mol. The predicted octanol–water partition coefficient (Wildman–Crippen LogP) is 3.18. The molecule has 1 aromatic heterocycles. The highest BCUT2D eigenvalue weighted by Gasteiger charge is 2.25. The van der Waals surface area contributed by atoms with Crippen LogP contribution in [0.3, 0.4) is 0 Å². The average molecular weight is 357 g/mol. The number of anilines is 1. The normalized spacial score (nSPS) is 20.9. The molecule has 1 saturated heterocycles. The van der Waals surface area contributed by atoms with Crippen LogP contribution in [0, 0.1) is 18.8 Å². The van der Waals surface area contributed by atoms with E-state index in [1.807, 2.05) is 25.1 Å². The van der Waals surface area contributed by atoms with Crippen LogP contribution in [0.4, 0.5) is 5.69 Å². The molecule has 1 amide bonds. The van der Waals surface area contributed by atoms with Gasteiger partial charge >= 0.3 is 5.97 Å². The molecular weight excluding hydrogens is 330 g/mol. The number of aromatic amines is 1. The number of likely N-dealkylation sites (tertiary alicyclic amines) is 1. The number of rotatable bonds is 4. The smallest absolute Gasteiger partial charge is 0.356 e. The molecule has 1 aromatic carbocycles. The van der Waals surface area contributed by atoms with Gasteiger partial charge in [0.1, 0.15) is 5.69 Å². The molecule has 1 aliphatic heterocycles. The second-order valence-electron chi connectivity index (χ2n) is 7.55. The van der Waals surface area contributed by atoms with Gasteiger partial charge in [0.05, 0.1) is 19.3 Å². The van der Waals surface area contributed by atoms with Crippen molar-refractivity contribution in [2.24, 2.45) is 11.8 Å². The van der Waals surface area contributed by atoms with E-state index < -0.39 is 5.97 Å². The zero-order valence-electron chi connectivity index (χ0n) is 15.9. The lowest BCUT2D eigenvalue weighted by molar-refractivity contribution is -0.117. The molecule has 0 saturated carbocycles. The van der Waals surface area contributed by atoms with E-state index in [9.17, 15) is 9.59 Å². The van der Waals surface area contributed by atoms with Crippen LogP contribution < -0.4 is 5.32 Å². The van der Waals surface area contributed by atoms with Crippen molar-refractivity contribution >= 4 is 28.5 Å². The number of fused-ring (bicyclic) bond motifs is 1. The monoisotopic (exact) mass is 357 g/mol. The molecule has 6 nitrogen and oxygen atoms in total. The lowest BCUT2D eigenvalue weighted by Gasteiger charge is -2.34. The molecule has 0 radical (unpaired) electrons. The van der Waals surface area contributed by atoms with Gasteiger partial charge in [-0.3, -0.25) is 9.69 Å². The number of carbonyl (C=O) groups excluding carboxylic acids is 2. The van der Waals surface area contributed by atoms with Gasteiger partial charge in [0, 0.05) is 24.0 Å². The van der Waals surface area contributed by atoms with Crippen molar-refractivity contribution in [1.82, 2.24) is 9.88 Å². The number of aryl methyl sites for hydroxylation is 1. The van der Waals surface area contributed by atoms with Crippen LogP contribution in [0.25, 0.3) is 10.9 Å². The van der Waals surface area contributed by atoms with Crippen LogP contribution in [0.2, 0.25) is 0 Å². The lowest BCUT2D eigenvalue weighted by atomic mass is 9.92. The van der Waals surface area contributed by atoms with Crippen molar-refractivity contribution in [2.75, 3.05) is 32.1 Å². The number of ether oxygens (including phenoxy) is 1. The number of esters is 1. The molecule has 140 valence electrons. The van der Waals surface area contributed by atoms with E-state index in [-0.39, 0.29) is 11.6 Å². The van der Waals surface area contributed by atoms with E-state index in [1.165, 1.54) is 13.5 Å². The summed E-state index contributed by atoms with van der Waals surface area (Å²) in [6.07, 6.45) is 1.20. The Morgan fingerprint density at radius 3 is 2.62 bits per heavy atom. The highest BCUT2D eigenvalue weighted by molar-refractivity contribution is 6.12. The van der Waals surface area contributed by atoms with E-state index in [2.05, 4.69) is 29.0 Å². The molecule has 6 heteroatoms. The summed E-state index contributed by atoms with van der Waals surface area (Å²) in [6.45, 7) is 8.58. The number of hydrogen-bond donors (Lipinski definition) is 2. The third-order valence-corrected chi connectivity index (χ3v) is 5.00. The third kappa shape index (κ3) is 3.75. The molecule has 0 unspecified atom stereocenters. The van der Waals surface area contributed by atoms with Crippen molar-refractivity contribution < 1.29 is 14.3 Å². The Hall–Kier alpha value is -2.34. The van der Waals surface area contributed by atoms with Crippen molar-refractivity contribution in [3.63, 3.8) is 0 Å². The van der Waals surface area contributed by atoms with Gasteiger partial charge in [-0.1, -0.05) is 26.0 Å². The Morgan fingerprint density at radius 1 is 1.27 bits per heavy atom. The number of aromatic nitrogens is 1. The molecule has 0 aliphatic carbocycles. The van der Waals surface area contributed by atoms with E-state index in [1.54, 1.807) is 0 Å². The van der Waals surface area contributed by atoms with Gasteiger partial charge in [-0.05, 0) is 36.8 Å². The summed E-state index contributed by atoms with van der Waals surface area (Å²) < 4.78 is 4.87. The SMILES string of the molecule is COC(=O)c1[nH]c2cccc(C)c2c1NC(=O)CN1C[C@H](C)C[C@H](C)C1. The second-order valence-corrected chi connectivity index (χ2v) is 7.55. The molecule has 2 heterocycles. The molecule has 2 N–H and O–H groups in total. The van der Waals surface area contributed by atoms with Gasteiger partial charge in [0.2, 0.25) is 5.91 Å². The van der Waals surface area contributed by atoms with E-state index in [0.29, 0.717) is 24.1 Å². The minimum absolute atomic E-state index is 0.111. The van der Waals surface area contributed by atoms with Crippen LogP contribution in [-0.4, -0.2) is 48.5 Å². The molecule has 0 bridgehead atoms. The molecule has 2 atom stereocenters. The minimum Gasteiger partial charge on any atom is -0.464 e. The highest BCUT2D eigenvalue weighted by Crippen LogP contribution is 2.31. The van der Waals surface area contributed by atoms with Crippen molar-refractivity contribution in [2.45, 2.75) is 27.2 Å². The fourth-order valence-electron chi connectivity index (χ4n) is 4.11. The number of methoxy groups -OCH3 is 1. The quantitative estimate of drug-likeness (QED) is 0.824. The molecular formula is C20H27N3O3. The van der Waals surface area contributed by atoms with E-state index >= 15 is 0 Å². The second kappa shape index (κ2) is 7.50.